The Balaban J connectivity index is 1.46. The molecule has 2 aromatic heterocycles. The molecule has 1 fully saturated rings. The van der Waals surface area contributed by atoms with Crippen molar-refractivity contribution in [1.29, 1.82) is 0 Å². The average molecular weight is 482 g/mol. The van der Waals surface area contributed by atoms with Crippen molar-refractivity contribution in [3.63, 3.8) is 0 Å². The van der Waals surface area contributed by atoms with E-state index < -0.39 is 0 Å². The van der Waals surface area contributed by atoms with Gasteiger partial charge in [-0.3, -0.25) is 14.2 Å². The van der Waals surface area contributed by atoms with E-state index in [-0.39, 0.29) is 23.6 Å². The number of nitrogens with zero attached hydrogens (tertiary/aromatic N) is 5. The van der Waals surface area contributed by atoms with Crippen LogP contribution in [0.25, 0.3) is 17.3 Å². The Bertz CT molecular complexity index is 1140. The lowest BCUT2D eigenvalue weighted by atomic mass is 10.1. The Kier molecular flexibility index (Phi) is 7.41. The summed E-state index contributed by atoms with van der Waals surface area (Å²) in [5.74, 6) is 1.98. The molecule has 0 N–H and O–H groups in total. The summed E-state index contributed by atoms with van der Waals surface area (Å²) in [6.45, 7) is 9.81. The van der Waals surface area contributed by atoms with Crippen LogP contribution in [0.2, 0.25) is 0 Å². The lowest BCUT2D eigenvalue weighted by Gasteiger charge is -2.40. The second-order valence-electron chi connectivity index (χ2n) is 9.12. The third-order valence-electron chi connectivity index (χ3n) is 5.84. The maximum atomic E-state index is 13.0. The summed E-state index contributed by atoms with van der Waals surface area (Å²) in [6.07, 6.45) is 2.15. The Hall–Kier alpha value is -3.07. The number of furan rings is 1. The van der Waals surface area contributed by atoms with E-state index in [1.807, 2.05) is 72.4 Å². The minimum Gasteiger partial charge on any atom is -0.461 e. The van der Waals surface area contributed by atoms with Gasteiger partial charge in [0.15, 0.2) is 10.9 Å². The smallest absolute Gasteiger partial charge is 0.233 e. The summed E-state index contributed by atoms with van der Waals surface area (Å²) in [5.41, 5.74) is 2.03. The second kappa shape index (κ2) is 10.5. The highest BCUT2D eigenvalue weighted by Gasteiger charge is 2.30. The van der Waals surface area contributed by atoms with Crippen LogP contribution >= 0.6 is 11.8 Å². The molecule has 2 amide bonds. The van der Waals surface area contributed by atoms with E-state index in [9.17, 15) is 9.59 Å². The molecule has 0 saturated carbocycles. The summed E-state index contributed by atoms with van der Waals surface area (Å²) < 4.78 is 7.50. The summed E-state index contributed by atoms with van der Waals surface area (Å²) in [7, 11) is 0. The molecule has 1 atom stereocenters. The predicted molar refractivity (Wildman–Crippen MR) is 132 cm³/mol. The maximum Gasteiger partial charge on any atom is 0.233 e. The molecule has 34 heavy (non-hydrogen) atoms. The molecule has 0 spiro atoms. The van der Waals surface area contributed by atoms with Crippen molar-refractivity contribution in [2.75, 3.05) is 25.4 Å². The van der Waals surface area contributed by atoms with Gasteiger partial charge in [0.05, 0.1) is 17.7 Å². The van der Waals surface area contributed by atoms with Crippen molar-refractivity contribution >= 4 is 23.6 Å². The molecule has 9 heteroatoms. The third-order valence-corrected chi connectivity index (χ3v) is 6.76. The zero-order valence-electron chi connectivity index (χ0n) is 20.1. The van der Waals surface area contributed by atoms with Crippen LogP contribution < -0.4 is 0 Å². The molecule has 8 nitrogen and oxygen atoms in total. The number of aryl methyl sites for hydroxylation is 1. The number of carbonyl (C=O) groups is 2. The van der Waals surface area contributed by atoms with Crippen LogP contribution in [0.3, 0.4) is 0 Å². The van der Waals surface area contributed by atoms with Crippen LogP contribution in [-0.4, -0.2) is 67.8 Å². The van der Waals surface area contributed by atoms with Gasteiger partial charge in [-0.05, 0) is 49.6 Å². The van der Waals surface area contributed by atoms with Crippen LogP contribution in [0.4, 0.5) is 0 Å². The Morgan fingerprint density at radius 3 is 2.65 bits per heavy atom. The molecule has 1 saturated heterocycles. The number of carbonyl (C=O) groups excluding carboxylic acids is 2. The zero-order chi connectivity index (χ0) is 24.2. The van der Waals surface area contributed by atoms with Gasteiger partial charge in [-0.25, -0.2) is 0 Å². The van der Waals surface area contributed by atoms with Gasteiger partial charge in [0.1, 0.15) is 0 Å². The standard InChI is InChI=1S/C25H31N5O3S/c1-17(2)13-22(31)29-11-10-28(15-19(29)4)23(32)16-34-25-27-26-24(21-9-6-12-33-21)30(25)20-8-5-7-18(3)14-20/h5-9,12,14,17,19H,10-11,13,15-16H2,1-4H3. The number of hydrogen-bond acceptors (Lipinski definition) is 6. The predicted octanol–water partition coefficient (Wildman–Crippen LogP) is 4.03. The van der Waals surface area contributed by atoms with Crippen molar-refractivity contribution in [2.24, 2.45) is 5.92 Å². The van der Waals surface area contributed by atoms with Gasteiger partial charge < -0.3 is 14.2 Å². The van der Waals surface area contributed by atoms with Crippen LogP contribution in [-0.2, 0) is 9.59 Å². The monoisotopic (exact) mass is 481 g/mol. The quantitative estimate of drug-likeness (QED) is 0.474. The first kappa shape index (κ1) is 24.1. The molecular weight excluding hydrogens is 450 g/mol. The average Bonchev–Trinajstić information content (AvgIpc) is 3.46. The Labute approximate surface area is 204 Å². The minimum atomic E-state index is 0.00968. The van der Waals surface area contributed by atoms with Crippen molar-refractivity contribution in [3.8, 4) is 17.3 Å². The first-order chi connectivity index (χ1) is 16.3. The van der Waals surface area contributed by atoms with Crippen LogP contribution in [0, 0.1) is 12.8 Å². The van der Waals surface area contributed by atoms with Gasteiger partial charge in [-0.1, -0.05) is 37.7 Å². The van der Waals surface area contributed by atoms with Gasteiger partial charge in [-0.15, -0.1) is 10.2 Å². The number of benzene rings is 1. The molecule has 1 unspecified atom stereocenters. The second-order valence-corrected chi connectivity index (χ2v) is 10.1. The lowest BCUT2D eigenvalue weighted by Crippen LogP contribution is -2.55. The summed E-state index contributed by atoms with van der Waals surface area (Å²) >= 11 is 1.36. The highest BCUT2D eigenvalue weighted by Crippen LogP contribution is 2.29. The van der Waals surface area contributed by atoms with Gasteiger partial charge in [0.25, 0.3) is 0 Å². The van der Waals surface area contributed by atoms with E-state index in [0.29, 0.717) is 48.7 Å². The van der Waals surface area contributed by atoms with Crippen molar-refractivity contribution in [1.82, 2.24) is 24.6 Å². The van der Waals surface area contributed by atoms with Crippen LogP contribution in [0.1, 0.15) is 32.8 Å². The van der Waals surface area contributed by atoms with E-state index in [1.54, 1.807) is 6.26 Å². The highest BCUT2D eigenvalue weighted by atomic mass is 32.2. The maximum absolute atomic E-state index is 13.0. The van der Waals surface area contributed by atoms with E-state index in [0.717, 1.165) is 11.3 Å². The van der Waals surface area contributed by atoms with E-state index in [4.69, 9.17) is 4.42 Å². The van der Waals surface area contributed by atoms with Crippen LogP contribution in [0.15, 0.2) is 52.2 Å². The number of hydrogen-bond donors (Lipinski definition) is 0. The topological polar surface area (TPSA) is 84.5 Å². The minimum absolute atomic E-state index is 0.00968. The molecule has 4 rings (SSSR count). The molecular formula is C25H31N5O3S. The van der Waals surface area contributed by atoms with Gasteiger partial charge in [-0.2, -0.15) is 0 Å². The van der Waals surface area contributed by atoms with Crippen molar-refractivity contribution < 1.29 is 14.0 Å². The fourth-order valence-corrected chi connectivity index (χ4v) is 5.02. The fourth-order valence-electron chi connectivity index (χ4n) is 4.17. The first-order valence-corrected chi connectivity index (χ1v) is 12.6. The van der Waals surface area contributed by atoms with E-state index in [2.05, 4.69) is 16.3 Å². The molecule has 1 aliphatic rings. The number of thioether (sulfide) groups is 1. The molecule has 1 aliphatic heterocycles. The van der Waals surface area contributed by atoms with Crippen molar-refractivity contribution in [2.45, 2.75) is 45.3 Å². The van der Waals surface area contributed by atoms with Crippen molar-refractivity contribution in [3.05, 3.63) is 48.2 Å². The number of rotatable bonds is 7. The SMILES string of the molecule is Cc1cccc(-n2c(SCC(=O)N3CCN(C(=O)CC(C)C)C(C)C3)nnc2-c2ccco2)c1. The van der Waals surface area contributed by atoms with E-state index in [1.165, 1.54) is 11.8 Å². The normalized spacial score (nSPS) is 16.3. The molecule has 3 aromatic rings. The molecule has 3 heterocycles. The lowest BCUT2D eigenvalue weighted by molar-refractivity contribution is -0.141. The molecule has 0 bridgehead atoms. The zero-order valence-corrected chi connectivity index (χ0v) is 20.9. The first-order valence-electron chi connectivity index (χ1n) is 11.6. The fraction of sp³-hybridized carbons (Fsp3) is 0.440. The molecule has 180 valence electrons. The number of amides is 2. The Morgan fingerprint density at radius 1 is 1.15 bits per heavy atom. The summed E-state index contributed by atoms with van der Waals surface area (Å²) in [6, 6.07) is 11.7. The molecule has 0 aliphatic carbocycles. The number of piperazine rings is 1. The molecule has 1 aromatic carbocycles. The number of aromatic nitrogens is 3. The van der Waals surface area contributed by atoms with Crippen LogP contribution in [0.5, 0.6) is 0 Å². The van der Waals surface area contributed by atoms with Gasteiger partial charge in [0.2, 0.25) is 17.6 Å². The van der Waals surface area contributed by atoms with E-state index >= 15 is 0 Å². The summed E-state index contributed by atoms with van der Waals surface area (Å²) in [5, 5.41) is 9.34. The van der Waals surface area contributed by atoms with Gasteiger partial charge >= 0.3 is 0 Å². The third kappa shape index (κ3) is 5.35. The molecule has 0 radical (unpaired) electrons. The highest BCUT2D eigenvalue weighted by molar-refractivity contribution is 7.99. The van der Waals surface area contributed by atoms with Gasteiger partial charge in [0, 0.05) is 32.1 Å². The largest absolute Gasteiger partial charge is 0.461 e. The Morgan fingerprint density at radius 2 is 1.97 bits per heavy atom. The summed E-state index contributed by atoms with van der Waals surface area (Å²) in [4.78, 5) is 29.3.